The first kappa shape index (κ1) is 16.1. The van der Waals surface area contributed by atoms with Crippen molar-refractivity contribution in [3.63, 3.8) is 0 Å². The lowest BCUT2D eigenvalue weighted by Gasteiger charge is -2.23. The van der Waals surface area contributed by atoms with E-state index < -0.39 is 15.6 Å². The van der Waals surface area contributed by atoms with Crippen LogP contribution in [-0.4, -0.2) is 33.6 Å². The molecule has 0 radical (unpaired) electrons. The molecule has 1 amide bonds. The van der Waals surface area contributed by atoms with Gasteiger partial charge in [0.1, 0.15) is 4.21 Å². The van der Waals surface area contributed by atoms with Crippen LogP contribution in [0.1, 0.15) is 29.8 Å². The Morgan fingerprint density at radius 3 is 2.53 bits per heavy atom. The topological polar surface area (TPSA) is 98.5 Å². The van der Waals surface area contributed by atoms with Crippen LogP contribution in [0.5, 0.6) is 0 Å². The van der Waals surface area contributed by atoms with Crippen LogP contribution in [0.3, 0.4) is 0 Å². The van der Waals surface area contributed by atoms with Gasteiger partial charge in [-0.25, -0.2) is 13.6 Å². The molecule has 1 rings (SSSR count). The number of carbonyl (C=O) groups is 1. The van der Waals surface area contributed by atoms with E-state index in [-0.39, 0.29) is 10.1 Å². The first-order valence-electron chi connectivity index (χ1n) is 5.53. The van der Waals surface area contributed by atoms with E-state index in [2.05, 4.69) is 5.32 Å². The Morgan fingerprint density at radius 2 is 2.11 bits per heavy atom. The minimum absolute atomic E-state index is 0.0173. The zero-order valence-electron chi connectivity index (χ0n) is 11.3. The molecule has 8 heteroatoms. The molecule has 0 aromatic carbocycles. The molecular formula is C11H18N2O4S2. The number of primary sulfonamides is 1. The normalized spacial score (nSPS) is 12.5. The Kier molecular flexibility index (Phi) is 4.72. The molecule has 19 heavy (non-hydrogen) atoms. The van der Waals surface area contributed by atoms with Gasteiger partial charge in [0.25, 0.3) is 5.91 Å². The van der Waals surface area contributed by atoms with Crippen LogP contribution in [-0.2, 0) is 14.8 Å². The van der Waals surface area contributed by atoms with E-state index in [0.29, 0.717) is 17.7 Å². The number of methoxy groups -OCH3 is 1. The highest BCUT2D eigenvalue weighted by molar-refractivity contribution is 7.91. The second-order valence-corrected chi connectivity index (χ2v) is 7.39. The molecule has 0 bridgehead atoms. The Balaban J connectivity index is 2.88. The van der Waals surface area contributed by atoms with Crippen LogP contribution in [0.25, 0.3) is 0 Å². The SMILES string of the molecule is COC(C)(C)CNC(=O)c1csc(S(N)(=O)=O)c1C. The van der Waals surface area contributed by atoms with Crippen molar-refractivity contribution in [3.8, 4) is 0 Å². The van der Waals surface area contributed by atoms with Crippen LogP contribution < -0.4 is 10.5 Å². The van der Waals surface area contributed by atoms with Crippen molar-refractivity contribution in [3.05, 3.63) is 16.5 Å². The number of carbonyl (C=O) groups excluding carboxylic acids is 1. The van der Waals surface area contributed by atoms with Crippen LogP contribution in [0.2, 0.25) is 0 Å². The quantitative estimate of drug-likeness (QED) is 0.843. The van der Waals surface area contributed by atoms with Crippen molar-refractivity contribution < 1.29 is 17.9 Å². The summed E-state index contributed by atoms with van der Waals surface area (Å²) in [6.45, 7) is 5.56. The van der Waals surface area contributed by atoms with Gasteiger partial charge in [0, 0.05) is 19.0 Å². The van der Waals surface area contributed by atoms with E-state index in [4.69, 9.17) is 9.88 Å². The van der Waals surface area contributed by atoms with Crippen molar-refractivity contribution in [2.45, 2.75) is 30.6 Å². The third-order valence-electron chi connectivity index (χ3n) is 2.72. The smallest absolute Gasteiger partial charge is 0.252 e. The van der Waals surface area contributed by atoms with Crippen LogP contribution in [0.4, 0.5) is 0 Å². The van der Waals surface area contributed by atoms with Crippen molar-refractivity contribution in [2.24, 2.45) is 5.14 Å². The lowest BCUT2D eigenvalue weighted by Crippen LogP contribution is -2.39. The third-order valence-corrected chi connectivity index (χ3v) is 5.41. The van der Waals surface area contributed by atoms with Gasteiger partial charge in [-0.2, -0.15) is 0 Å². The van der Waals surface area contributed by atoms with Crippen molar-refractivity contribution in [1.29, 1.82) is 0 Å². The van der Waals surface area contributed by atoms with Gasteiger partial charge < -0.3 is 10.1 Å². The molecular weight excluding hydrogens is 288 g/mol. The van der Waals surface area contributed by atoms with Gasteiger partial charge in [0.05, 0.1) is 11.2 Å². The average molecular weight is 306 g/mol. The van der Waals surface area contributed by atoms with Crippen molar-refractivity contribution >= 4 is 27.3 Å². The molecule has 0 fully saturated rings. The van der Waals surface area contributed by atoms with Gasteiger partial charge in [-0.1, -0.05) is 0 Å². The minimum Gasteiger partial charge on any atom is -0.377 e. The van der Waals surface area contributed by atoms with Gasteiger partial charge in [-0.15, -0.1) is 11.3 Å². The molecule has 0 aliphatic rings. The molecule has 6 nitrogen and oxygen atoms in total. The fourth-order valence-corrected chi connectivity index (χ4v) is 3.38. The molecule has 0 atom stereocenters. The number of ether oxygens (including phenoxy) is 1. The van der Waals surface area contributed by atoms with Crippen LogP contribution >= 0.6 is 11.3 Å². The Morgan fingerprint density at radius 1 is 1.53 bits per heavy atom. The molecule has 1 aromatic heterocycles. The molecule has 108 valence electrons. The molecule has 1 aromatic rings. The zero-order valence-corrected chi connectivity index (χ0v) is 12.9. The molecule has 0 saturated heterocycles. The zero-order chi connectivity index (χ0) is 14.8. The van der Waals surface area contributed by atoms with Crippen LogP contribution in [0.15, 0.2) is 9.59 Å². The maximum absolute atomic E-state index is 12.0. The maximum Gasteiger partial charge on any atom is 0.252 e. The summed E-state index contributed by atoms with van der Waals surface area (Å²) in [5.41, 5.74) is 0.212. The number of thiophene rings is 1. The number of sulfonamides is 1. The highest BCUT2D eigenvalue weighted by atomic mass is 32.2. The monoisotopic (exact) mass is 306 g/mol. The van der Waals surface area contributed by atoms with Gasteiger partial charge in [0.2, 0.25) is 10.0 Å². The highest BCUT2D eigenvalue weighted by Crippen LogP contribution is 2.25. The Labute approximate surface area is 117 Å². The predicted octanol–water partition coefficient (Wildman–Crippen LogP) is 0.859. The largest absolute Gasteiger partial charge is 0.377 e. The number of amides is 1. The molecule has 1 heterocycles. The number of hydrogen-bond acceptors (Lipinski definition) is 5. The maximum atomic E-state index is 12.0. The first-order valence-corrected chi connectivity index (χ1v) is 7.95. The lowest BCUT2D eigenvalue weighted by atomic mass is 10.1. The Hall–Kier alpha value is -0.960. The number of nitrogens with one attached hydrogen (secondary N) is 1. The molecule has 0 aliphatic carbocycles. The summed E-state index contributed by atoms with van der Waals surface area (Å²) in [4.78, 5) is 12.0. The fourth-order valence-electron chi connectivity index (χ4n) is 1.36. The number of nitrogens with two attached hydrogens (primary N) is 1. The summed E-state index contributed by atoms with van der Waals surface area (Å²) in [5.74, 6) is -0.339. The van der Waals surface area contributed by atoms with Gasteiger partial charge >= 0.3 is 0 Å². The second kappa shape index (κ2) is 5.58. The summed E-state index contributed by atoms with van der Waals surface area (Å²) in [6, 6.07) is 0. The summed E-state index contributed by atoms with van der Waals surface area (Å²) >= 11 is 0.945. The number of hydrogen-bond donors (Lipinski definition) is 2. The van der Waals surface area contributed by atoms with E-state index in [1.807, 2.05) is 13.8 Å². The van der Waals surface area contributed by atoms with E-state index in [1.165, 1.54) is 5.38 Å². The number of rotatable bonds is 5. The van der Waals surface area contributed by atoms with E-state index in [1.54, 1.807) is 14.0 Å². The molecule has 0 spiro atoms. The van der Waals surface area contributed by atoms with Crippen molar-refractivity contribution in [2.75, 3.05) is 13.7 Å². The van der Waals surface area contributed by atoms with E-state index in [9.17, 15) is 13.2 Å². The van der Waals surface area contributed by atoms with Gasteiger partial charge in [-0.05, 0) is 26.3 Å². The molecule has 3 N–H and O–H groups in total. The molecule has 0 aliphatic heterocycles. The summed E-state index contributed by atoms with van der Waals surface area (Å²) < 4.78 is 27.8. The van der Waals surface area contributed by atoms with Crippen molar-refractivity contribution in [1.82, 2.24) is 5.32 Å². The molecule has 0 unspecified atom stereocenters. The summed E-state index contributed by atoms with van der Waals surface area (Å²) in [5, 5.41) is 9.26. The fraction of sp³-hybridized carbons (Fsp3) is 0.545. The predicted molar refractivity (Wildman–Crippen MR) is 73.9 cm³/mol. The minimum atomic E-state index is -3.78. The Bertz CT molecular complexity index is 576. The summed E-state index contributed by atoms with van der Waals surface area (Å²) in [6.07, 6.45) is 0. The first-order chi connectivity index (χ1) is 8.58. The van der Waals surface area contributed by atoms with Gasteiger partial charge in [0.15, 0.2) is 0 Å². The van der Waals surface area contributed by atoms with E-state index >= 15 is 0 Å². The van der Waals surface area contributed by atoms with E-state index in [0.717, 1.165) is 11.3 Å². The van der Waals surface area contributed by atoms with Gasteiger partial charge in [-0.3, -0.25) is 4.79 Å². The van der Waals surface area contributed by atoms with Crippen LogP contribution in [0, 0.1) is 6.92 Å². The summed E-state index contributed by atoms with van der Waals surface area (Å²) in [7, 11) is -2.22. The second-order valence-electron chi connectivity index (χ2n) is 4.75. The highest BCUT2D eigenvalue weighted by Gasteiger charge is 2.23. The molecule has 0 saturated carbocycles. The lowest BCUT2D eigenvalue weighted by molar-refractivity contribution is 0.0228. The third kappa shape index (κ3) is 4.00. The standard InChI is InChI=1S/C11H18N2O4S2/c1-7-8(5-18-10(7)19(12,15)16)9(14)13-6-11(2,3)17-4/h5H,6H2,1-4H3,(H,13,14)(H2,12,15,16). The average Bonchev–Trinajstić information content (AvgIpc) is 2.68.